The third-order valence-corrected chi connectivity index (χ3v) is 6.56. The number of nitrogens with zero attached hydrogens (tertiary/aromatic N) is 2. The molecule has 0 bridgehead atoms. The summed E-state index contributed by atoms with van der Waals surface area (Å²) < 4.78 is 0. The first-order chi connectivity index (χ1) is 17.9. The number of hydrazine groups is 1. The number of nitrogens with one attached hydrogen (secondary N) is 3. The van der Waals surface area contributed by atoms with Crippen molar-refractivity contribution in [1.29, 1.82) is 0 Å². The van der Waals surface area contributed by atoms with Crippen molar-refractivity contribution in [2.75, 3.05) is 11.9 Å². The third-order valence-electron chi connectivity index (χ3n) is 5.96. The summed E-state index contributed by atoms with van der Waals surface area (Å²) in [6.07, 6.45) is 0.0116. The molecule has 1 aromatic carbocycles. The van der Waals surface area contributed by atoms with Gasteiger partial charge >= 0.3 is 5.97 Å². The highest BCUT2D eigenvalue weighted by Crippen LogP contribution is 2.32. The first-order valence-electron chi connectivity index (χ1n) is 11.6. The molecule has 3 unspecified atom stereocenters. The number of carboxylic acids is 1. The Kier molecular flexibility index (Phi) is 9.28. The molecule has 13 nitrogen and oxygen atoms in total. The summed E-state index contributed by atoms with van der Waals surface area (Å²) in [5.74, 6) is -4.42. The first-order valence-corrected chi connectivity index (χ1v) is 12.4. The van der Waals surface area contributed by atoms with Gasteiger partial charge in [-0.3, -0.25) is 33.8 Å². The van der Waals surface area contributed by atoms with Crippen molar-refractivity contribution < 1.29 is 38.7 Å². The minimum atomic E-state index is -1.32. The Morgan fingerprint density at radius 2 is 1.82 bits per heavy atom. The van der Waals surface area contributed by atoms with Gasteiger partial charge in [0.15, 0.2) is 0 Å². The molecular weight excluding hydrogens is 545 g/mol. The van der Waals surface area contributed by atoms with Crippen molar-refractivity contribution in [3.63, 3.8) is 0 Å². The van der Waals surface area contributed by atoms with Crippen LogP contribution in [-0.2, 0) is 28.8 Å². The Hall–Kier alpha value is -3.71. The summed E-state index contributed by atoms with van der Waals surface area (Å²) in [6, 6.07) is -1.20. The summed E-state index contributed by atoms with van der Waals surface area (Å²) in [7, 11) is 0. The maximum Gasteiger partial charge on any atom is 0.305 e. The molecule has 4 N–H and O–H groups in total. The molecule has 0 radical (unpaired) electrons. The van der Waals surface area contributed by atoms with E-state index in [0.29, 0.717) is 6.42 Å². The molecular formula is C23H25Cl2N5O8. The summed E-state index contributed by atoms with van der Waals surface area (Å²) in [4.78, 5) is 85.8. The molecule has 2 aliphatic heterocycles. The van der Waals surface area contributed by atoms with E-state index in [1.807, 2.05) is 0 Å². The monoisotopic (exact) mass is 569 g/mol. The lowest BCUT2D eigenvalue weighted by atomic mass is 10.0. The number of hydrogen-bond donors (Lipinski definition) is 4. The average molecular weight is 570 g/mol. The second-order valence-corrected chi connectivity index (χ2v) is 9.58. The number of anilines is 1. The Morgan fingerprint density at radius 3 is 2.39 bits per heavy atom. The van der Waals surface area contributed by atoms with E-state index in [1.54, 1.807) is 0 Å². The Morgan fingerprint density at radius 1 is 1.16 bits per heavy atom. The molecule has 3 atom stereocenters. The van der Waals surface area contributed by atoms with Gasteiger partial charge in [0, 0.05) is 25.5 Å². The second-order valence-electron chi connectivity index (χ2n) is 8.77. The van der Waals surface area contributed by atoms with Crippen LogP contribution < -0.4 is 16.0 Å². The maximum atomic E-state index is 13.5. The summed E-state index contributed by atoms with van der Waals surface area (Å²) in [6.45, 7) is 1.42. The van der Waals surface area contributed by atoms with Crippen LogP contribution in [0.4, 0.5) is 5.69 Å². The van der Waals surface area contributed by atoms with Crippen LogP contribution in [0.1, 0.15) is 49.4 Å². The Balaban J connectivity index is 1.83. The van der Waals surface area contributed by atoms with Gasteiger partial charge in [0.2, 0.25) is 17.7 Å². The predicted octanol–water partition coefficient (Wildman–Crippen LogP) is 0.737. The van der Waals surface area contributed by atoms with Crippen molar-refractivity contribution in [3.05, 3.63) is 27.7 Å². The van der Waals surface area contributed by atoms with E-state index in [-0.39, 0.29) is 53.4 Å². The minimum absolute atomic E-state index is 0.00902. The molecule has 38 heavy (non-hydrogen) atoms. The number of benzene rings is 1. The number of carboxylic acid groups (broad SMARTS) is 1. The lowest BCUT2D eigenvalue weighted by molar-refractivity contribution is -0.176. The molecule has 2 aliphatic rings. The number of carbonyl (C=O) groups excluding carboxylic acids is 6. The fourth-order valence-corrected chi connectivity index (χ4v) is 4.83. The number of aliphatic carboxylic acids is 1. The molecule has 0 aromatic heterocycles. The van der Waals surface area contributed by atoms with E-state index in [2.05, 4.69) is 16.0 Å². The number of hydrogen-bond acceptors (Lipinski definition) is 7. The highest BCUT2D eigenvalue weighted by molar-refractivity contribution is 6.40. The Bertz CT molecular complexity index is 1170. The Labute approximate surface area is 226 Å². The first kappa shape index (κ1) is 28.9. The van der Waals surface area contributed by atoms with Gasteiger partial charge in [0.1, 0.15) is 18.4 Å². The fourth-order valence-electron chi connectivity index (χ4n) is 4.25. The second kappa shape index (κ2) is 12.2. The highest BCUT2D eigenvalue weighted by atomic mass is 35.5. The van der Waals surface area contributed by atoms with Gasteiger partial charge in [-0.1, -0.05) is 23.2 Å². The van der Waals surface area contributed by atoms with Gasteiger partial charge in [-0.25, -0.2) is 5.01 Å². The molecule has 5 amide bonds. The molecule has 204 valence electrons. The summed E-state index contributed by atoms with van der Waals surface area (Å²) in [5.41, 5.74) is 0.104. The number of halogens is 2. The van der Waals surface area contributed by atoms with Crippen molar-refractivity contribution in [3.8, 4) is 0 Å². The van der Waals surface area contributed by atoms with Crippen molar-refractivity contribution >= 4 is 70.7 Å². The van der Waals surface area contributed by atoms with Crippen molar-refractivity contribution in [1.82, 2.24) is 20.7 Å². The average Bonchev–Trinajstić information content (AvgIpc) is 2.97. The van der Waals surface area contributed by atoms with Gasteiger partial charge in [0.25, 0.3) is 11.8 Å². The number of aldehydes is 1. The number of rotatable bonds is 8. The van der Waals surface area contributed by atoms with Crippen LogP contribution in [0.5, 0.6) is 0 Å². The van der Waals surface area contributed by atoms with Crippen LogP contribution in [0.25, 0.3) is 0 Å². The van der Waals surface area contributed by atoms with Crippen LogP contribution in [0.3, 0.4) is 0 Å². The normalized spacial score (nSPS) is 20.1. The molecule has 3 rings (SSSR count). The fraction of sp³-hybridized carbons (Fsp3) is 0.435. The van der Waals surface area contributed by atoms with Crippen molar-refractivity contribution in [2.45, 2.75) is 57.2 Å². The standard InChI is InChI=1S/C23H25Cl2N5O8/c1-11(32)26-20-14(24)7-12(8-15(20)25)21(36)28-16-4-5-18(33)29-6-2-3-17(30(29)23(16)38)22(37)27-13(10-31)9-19(34)35/h7-8,10,13,16-17H,2-6,9H2,1H3,(H,26,32)(H,27,37)(H,28,36)(H,34,35). The smallest absolute Gasteiger partial charge is 0.305 e. The third kappa shape index (κ3) is 6.58. The molecule has 1 aromatic rings. The van der Waals surface area contributed by atoms with E-state index in [0.717, 1.165) is 10.0 Å². The van der Waals surface area contributed by atoms with Gasteiger partial charge in [-0.15, -0.1) is 0 Å². The topological polar surface area (TPSA) is 182 Å². The molecule has 2 fully saturated rings. The SMILES string of the molecule is CC(=O)Nc1c(Cl)cc(C(=O)NC2CCC(=O)N3CCCC(C(=O)NC(C=O)CC(=O)O)N3C2=O)cc1Cl. The van der Waals surface area contributed by atoms with Crippen LogP contribution in [0.2, 0.25) is 10.0 Å². The van der Waals surface area contributed by atoms with E-state index < -0.39 is 60.1 Å². The molecule has 0 saturated carbocycles. The molecule has 2 saturated heterocycles. The molecule has 2 heterocycles. The predicted molar refractivity (Wildman–Crippen MR) is 133 cm³/mol. The molecule has 15 heteroatoms. The van der Waals surface area contributed by atoms with Crippen LogP contribution in [-0.4, -0.2) is 81.6 Å². The van der Waals surface area contributed by atoms with Gasteiger partial charge in [-0.05, 0) is 31.4 Å². The summed E-state index contributed by atoms with van der Waals surface area (Å²) >= 11 is 12.3. The summed E-state index contributed by atoms with van der Waals surface area (Å²) in [5, 5.41) is 18.3. The lowest BCUT2D eigenvalue weighted by Crippen LogP contribution is -2.64. The zero-order valence-corrected chi connectivity index (χ0v) is 21.7. The zero-order valence-electron chi connectivity index (χ0n) is 20.2. The van der Waals surface area contributed by atoms with E-state index >= 15 is 0 Å². The quantitative estimate of drug-likeness (QED) is 0.330. The van der Waals surface area contributed by atoms with E-state index in [4.69, 9.17) is 28.3 Å². The zero-order chi connectivity index (χ0) is 28.1. The maximum absolute atomic E-state index is 13.5. The van der Waals surface area contributed by atoms with Gasteiger partial charge < -0.3 is 25.9 Å². The highest BCUT2D eigenvalue weighted by Gasteiger charge is 2.45. The largest absolute Gasteiger partial charge is 0.481 e. The van der Waals surface area contributed by atoms with Crippen LogP contribution in [0, 0.1) is 0 Å². The van der Waals surface area contributed by atoms with E-state index in [9.17, 15) is 33.6 Å². The van der Waals surface area contributed by atoms with E-state index in [1.165, 1.54) is 19.1 Å². The minimum Gasteiger partial charge on any atom is -0.481 e. The number of fused-ring (bicyclic) bond motifs is 1. The lowest BCUT2D eigenvalue weighted by Gasteiger charge is -2.43. The molecule has 0 aliphatic carbocycles. The van der Waals surface area contributed by atoms with Gasteiger partial charge in [-0.2, -0.15) is 0 Å². The van der Waals surface area contributed by atoms with Crippen LogP contribution in [0.15, 0.2) is 12.1 Å². The number of carbonyl (C=O) groups is 7. The molecule has 0 spiro atoms. The van der Waals surface area contributed by atoms with Gasteiger partial charge in [0.05, 0.1) is 28.2 Å². The number of amides is 5. The van der Waals surface area contributed by atoms with Crippen molar-refractivity contribution in [2.24, 2.45) is 0 Å². The van der Waals surface area contributed by atoms with Crippen LogP contribution >= 0.6 is 23.2 Å².